The molecule has 3 heteroatoms. The smallest absolute Gasteiger partial charge is 0.113 e. The summed E-state index contributed by atoms with van der Waals surface area (Å²) in [6.07, 6.45) is 5.84. The summed E-state index contributed by atoms with van der Waals surface area (Å²) in [5.41, 5.74) is 1.15. The Hall–Kier alpha value is -0.410. The molecule has 56 valence electrons. The molecule has 2 N–H and O–H groups in total. The second-order valence-electron chi connectivity index (χ2n) is 2.71. The van der Waals surface area contributed by atoms with Crippen LogP contribution in [0.2, 0.25) is 0 Å². The highest BCUT2D eigenvalue weighted by molar-refractivity contribution is 7.81. The number of nitrogens with zero attached hydrogens (tertiary/aromatic N) is 1. The van der Waals surface area contributed by atoms with Crippen LogP contribution in [0, 0.1) is 0 Å². The van der Waals surface area contributed by atoms with Crippen LogP contribution < -0.4 is 5.84 Å². The minimum atomic E-state index is -0.334. The van der Waals surface area contributed by atoms with Gasteiger partial charge >= 0.3 is 0 Å². The van der Waals surface area contributed by atoms with E-state index in [4.69, 9.17) is 5.84 Å². The van der Waals surface area contributed by atoms with E-state index in [1.807, 2.05) is 32.2 Å². The Labute approximate surface area is 66.8 Å². The van der Waals surface area contributed by atoms with Gasteiger partial charge in [0.05, 0.1) is 0 Å². The van der Waals surface area contributed by atoms with Gasteiger partial charge in [0.2, 0.25) is 0 Å². The van der Waals surface area contributed by atoms with Crippen molar-refractivity contribution in [2.24, 2.45) is 5.84 Å². The monoisotopic (exact) mass is 156 g/mol. The first-order valence-corrected chi connectivity index (χ1v) is 3.61. The minimum Gasteiger partial charge on any atom is -0.299 e. The number of nitrogens with two attached hydrogens (primary N) is 1. The van der Waals surface area contributed by atoms with Gasteiger partial charge in [-0.2, -0.15) is 0 Å². The van der Waals surface area contributed by atoms with Crippen LogP contribution in [0.25, 0.3) is 0 Å². The van der Waals surface area contributed by atoms with Crippen molar-refractivity contribution in [2.75, 3.05) is 0 Å². The zero-order valence-electron chi connectivity index (χ0n) is 6.20. The lowest BCUT2D eigenvalue weighted by Gasteiger charge is -2.32. The average molecular weight is 156 g/mol. The summed E-state index contributed by atoms with van der Waals surface area (Å²) in [4.78, 5) is -0.334. The van der Waals surface area contributed by atoms with E-state index in [2.05, 4.69) is 12.6 Å². The van der Waals surface area contributed by atoms with Crippen LogP contribution in [0.3, 0.4) is 0 Å². The third-order valence-corrected chi connectivity index (χ3v) is 1.91. The van der Waals surface area contributed by atoms with Crippen molar-refractivity contribution in [3.05, 3.63) is 23.9 Å². The lowest BCUT2D eigenvalue weighted by Crippen LogP contribution is -2.43. The molecule has 1 unspecified atom stereocenters. The number of allylic oxidation sites excluding steroid dienone is 2. The van der Waals surface area contributed by atoms with Crippen molar-refractivity contribution in [2.45, 2.75) is 18.7 Å². The van der Waals surface area contributed by atoms with Crippen molar-refractivity contribution in [1.29, 1.82) is 0 Å². The van der Waals surface area contributed by atoms with Gasteiger partial charge in [0, 0.05) is 6.20 Å². The number of hydrogen-bond acceptors (Lipinski definition) is 3. The van der Waals surface area contributed by atoms with E-state index in [-0.39, 0.29) is 4.87 Å². The predicted octanol–water partition coefficient (Wildman–Crippen LogP) is 1.28. The largest absolute Gasteiger partial charge is 0.299 e. The molecule has 0 aromatic carbocycles. The average Bonchev–Trinajstić information content (AvgIpc) is 1.81. The van der Waals surface area contributed by atoms with Crippen LogP contribution in [0.4, 0.5) is 0 Å². The molecule has 10 heavy (non-hydrogen) atoms. The topological polar surface area (TPSA) is 29.3 Å². The summed E-state index contributed by atoms with van der Waals surface area (Å²) in [6.45, 7) is 3.94. The molecule has 0 aromatic heterocycles. The number of thiol groups is 1. The van der Waals surface area contributed by atoms with Crippen molar-refractivity contribution >= 4 is 12.6 Å². The van der Waals surface area contributed by atoms with Crippen LogP contribution in [0.1, 0.15) is 13.8 Å². The highest BCUT2D eigenvalue weighted by Crippen LogP contribution is 2.23. The van der Waals surface area contributed by atoms with Crippen molar-refractivity contribution in [3.63, 3.8) is 0 Å². The van der Waals surface area contributed by atoms with Crippen molar-refractivity contribution in [1.82, 2.24) is 5.01 Å². The Morgan fingerprint density at radius 3 is 2.70 bits per heavy atom. The quantitative estimate of drug-likeness (QED) is 0.408. The number of rotatable bonds is 0. The van der Waals surface area contributed by atoms with Gasteiger partial charge in [-0.3, -0.25) is 5.01 Å². The summed E-state index contributed by atoms with van der Waals surface area (Å²) < 4.78 is 0. The van der Waals surface area contributed by atoms with Crippen LogP contribution in [-0.4, -0.2) is 9.88 Å². The van der Waals surface area contributed by atoms with E-state index < -0.39 is 0 Å². The molecular formula is C7H12N2S. The van der Waals surface area contributed by atoms with Gasteiger partial charge in [0.15, 0.2) is 0 Å². The van der Waals surface area contributed by atoms with Crippen LogP contribution in [-0.2, 0) is 0 Å². The van der Waals surface area contributed by atoms with E-state index in [1.165, 1.54) is 0 Å². The Morgan fingerprint density at radius 2 is 2.30 bits per heavy atom. The number of hydrogen-bond donors (Lipinski definition) is 2. The van der Waals surface area contributed by atoms with Crippen LogP contribution in [0.15, 0.2) is 23.9 Å². The zero-order valence-corrected chi connectivity index (χ0v) is 7.10. The van der Waals surface area contributed by atoms with Gasteiger partial charge in [-0.05, 0) is 25.5 Å². The Kier molecular flexibility index (Phi) is 1.79. The molecule has 0 fully saturated rings. The molecule has 1 rings (SSSR count). The van der Waals surface area contributed by atoms with Gasteiger partial charge in [0.25, 0.3) is 0 Å². The molecule has 1 aliphatic rings. The Morgan fingerprint density at radius 1 is 1.70 bits per heavy atom. The summed E-state index contributed by atoms with van der Waals surface area (Å²) in [6, 6.07) is 0. The van der Waals surface area contributed by atoms with E-state index in [1.54, 1.807) is 5.01 Å². The molecule has 0 radical (unpaired) electrons. The summed E-state index contributed by atoms with van der Waals surface area (Å²) in [5, 5.41) is 1.59. The van der Waals surface area contributed by atoms with Crippen molar-refractivity contribution in [3.8, 4) is 0 Å². The first-order valence-electron chi connectivity index (χ1n) is 3.16. The zero-order chi connectivity index (χ0) is 7.78. The minimum absolute atomic E-state index is 0.334. The maximum Gasteiger partial charge on any atom is 0.113 e. The third kappa shape index (κ3) is 1.36. The van der Waals surface area contributed by atoms with Gasteiger partial charge < -0.3 is 0 Å². The molecule has 0 aliphatic carbocycles. The van der Waals surface area contributed by atoms with Gasteiger partial charge in [-0.1, -0.05) is 6.08 Å². The molecule has 1 atom stereocenters. The summed E-state index contributed by atoms with van der Waals surface area (Å²) >= 11 is 4.32. The molecule has 0 amide bonds. The number of hydrazine groups is 1. The van der Waals surface area contributed by atoms with E-state index >= 15 is 0 Å². The second kappa shape index (κ2) is 2.32. The molecule has 1 aliphatic heterocycles. The first-order chi connectivity index (χ1) is 4.52. The maximum absolute atomic E-state index is 5.63. The third-order valence-electron chi connectivity index (χ3n) is 1.53. The van der Waals surface area contributed by atoms with E-state index in [9.17, 15) is 0 Å². The predicted molar refractivity (Wildman–Crippen MR) is 46.3 cm³/mol. The molecule has 1 heterocycles. The van der Waals surface area contributed by atoms with Crippen molar-refractivity contribution < 1.29 is 0 Å². The molecule has 0 saturated heterocycles. The Bertz CT molecular complexity index is 194. The molecular weight excluding hydrogens is 144 g/mol. The molecule has 0 bridgehead atoms. The van der Waals surface area contributed by atoms with Crippen LogP contribution in [0.5, 0.6) is 0 Å². The molecule has 0 spiro atoms. The highest BCUT2D eigenvalue weighted by Gasteiger charge is 2.21. The second-order valence-corrected chi connectivity index (χ2v) is 3.61. The lowest BCUT2D eigenvalue weighted by molar-refractivity contribution is 0.314. The fraction of sp³-hybridized carbons (Fsp3) is 0.429. The Balaban J connectivity index is 2.84. The highest BCUT2D eigenvalue weighted by atomic mass is 32.1. The first kappa shape index (κ1) is 7.69. The fourth-order valence-electron chi connectivity index (χ4n) is 0.768. The van der Waals surface area contributed by atoms with Gasteiger partial charge in [-0.15, -0.1) is 12.6 Å². The SMILES string of the molecule is CC1=CN(N)C(C)(S)C=C1. The van der Waals surface area contributed by atoms with Gasteiger partial charge in [-0.25, -0.2) is 5.84 Å². The summed E-state index contributed by atoms with van der Waals surface area (Å²) in [7, 11) is 0. The summed E-state index contributed by atoms with van der Waals surface area (Å²) in [5.74, 6) is 5.63. The molecule has 0 saturated carbocycles. The lowest BCUT2D eigenvalue weighted by atomic mass is 10.1. The van der Waals surface area contributed by atoms with Crippen LogP contribution >= 0.6 is 12.6 Å². The fourth-order valence-corrected chi connectivity index (χ4v) is 0.901. The molecule has 2 nitrogen and oxygen atoms in total. The molecule has 0 aromatic rings. The standard InChI is InChI=1S/C7H12N2S/c1-6-3-4-7(2,10)9(8)5-6/h3-5,10H,8H2,1-2H3. The maximum atomic E-state index is 5.63. The van der Waals surface area contributed by atoms with Gasteiger partial charge in [0.1, 0.15) is 4.87 Å². The van der Waals surface area contributed by atoms with E-state index in [0.717, 1.165) is 5.57 Å². The normalized spacial score (nSPS) is 32.4. The van der Waals surface area contributed by atoms with E-state index in [0.29, 0.717) is 0 Å².